The Bertz CT molecular complexity index is 369. The molecule has 0 aliphatic heterocycles. The summed E-state index contributed by atoms with van der Waals surface area (Å²) < 4.78 is 26.0. The van der Waals surface area contributed by atoms with Crippen LogP contribution in [0.1, 0.15) is 45.4 Å². The van der Waals surface area contributed by atoms with Crippen molar-refractivity contribution in [3.8, 4) is 11.8 Å². The van der Waals surface area contributed by atoms with Crippen LogP contribution in [0.25, 0.3) is 0 Å². The first-order chi connectivity index (χ1) is 7.99. The fourth-order valence-electron chi connectivity index (χ4n) is 2.23. The van der Waals surface area contributed by atoms with E-state index in [0.29, 0.717) is 12.3 Å². The van der Waals surface area contributed by atoms with Crippen molar-refractivity contribution in [1.29, 1.82) is 0 Å². The van der Waals surface area contributed by atoms with Gasteiger partial charge < -0.3 is 0 Å². The van der Waals surface area contributed by atoms with Crippen LogP contribution in [0.15, 0.2) is 0 Å². The molecule has 0 bridgehead atoms. The maximum Gasteiger partial charge on any atom is 0.264 e. The van der Waals surface area contributed by atoms with Gasteiger partial charge in [-0.1, -0.05) is 32.1 Å². The number of rotatable bonds is 4. The van der Waals surface area contributed by atoms with Crippen LogP contribution in [0.2, 0.25) is 0 Å². The Morgan fingerprint density at radius 1 is 1.29 bits per heavy atom. The van der Waals surface area contributed by atoms with Crippen LogP contribution >= 0.6 is 0 Å². The van der Waals surface area contributed by atoms with Crippen molar-refractivity contribution in [2.24, 2.45) is 11.8 Å². The van der Waals surface area contributed by atoms with Gasteiger partial charge in [-0.3, -0.25) is 4.18 Å². The van der Waals surface area contributed by atoms with E-state index in [2.05, 4.69) is 22.9 Å². The molecule has 0 spiro atoms. The summed E-state index contributed by atoms with van der Waals surface area (Å²) in [7, 11) is -3.31. The van der Waals surface area contributed by atoms with Gasteiger partial charge in [-0.25, -0.2) is 0 Å². The minimum absolute atomic E-state index is 0.170. The maximum atomic E-state index is 10.7. The lowest BCUT2D eigenvalue weighted by Crippen LogP contribution is -2.13. The van der Waals surface area contributed by atoms with Crippen molar-refractivity contribution in [1.82, 2.24) is 0 Å². The summed E-state index contributed by atoms with van der Waals surface area (Å²) in [5.74, 6) is 7.38. The van der Waals surface area contributed by atoms with Crippen LogP contribution < -0.4 is 0 Å². The highest BCUT2D eigenvalue weighted by molar-refractivity contribution is 7.85. The Labute approximate surface area is 105 Å². The first-order valence-corrected chi connectivity index (χ1v) is 8.13. The molecule has 1 saturated carbocycles. The van der Waals surface area contributed by atoms with Gasteiger partial charge in [0.25, 0.3) is 10.1 Å². The van der Waals surface area contributed by atoms with Crippen LogP contribution in [0.4, 0.5) is 0 Å². The van der Waals surface area contributed by atoms with Crippen molar-refractivity contribution in [2.45, 2.75) is 45.4 Å². The second-order valence-corrected chi connectivity index (χ2v) is 6.43. The Morgan fingerprint density at radius 3 is 2.53 bits per heavy atom. The summed E-state index contributed by atoms with van der Waals surface area (Å²) in [5.41, 5.74) is 0. The molecule has 1 aliphatic rings. The first kappa shape index (κ1) is 14.5. The molecule has 4 heteroatoms. The smallest absolute Gasteiger partial charge is 0.264 e. The molecule has 1 atom stereocenters. The van der Waals surface area contributed by atoms with E-state index in [-0.39, 0.29) is 6.61 Å². The van der Waals surface area contributed by atoms with Crippen LogP contribution in [-0.4, -0.2) is 21.3 Å². The quantitative estimate of drug-likeness (QED) is 0.442. The van der Waals surface area contributed by atoms with Gasteiger partial charge in [-0.2, -0.15) is 8.42 Å². The molecule has 0 N–H and O–H groups in total. The molecule has 1 fully saturated rings. The Hall–Kier alpha value is -0.530. The lowest BCUT2D eigenvalue weighted by atomic mass is 9.81. The SMILES string of the molecule is CC(C#CCCOS(C)(=O)=O)C1CCCCC1. The molecule has 0 radical (unpaired) electrons. The molecular weight excluding hydrogens is 236 g/mol. The predicted molar refractivity (Wildman–Crippen MR) is 68.9 cm³/mol. The van der Waals surface area contributed by atoms with Gasteiger partial charge >= 0.3 is 0 Å². The molecule has 1 unspecified atom stereocenters. The van der Waals surface area contributed by atoms with E-state index in [0.717, 1.165) is 12.2 Å². The molecule has 3 nitrogen and oxygen atoms in total. The highest BCUT2D eigenvalue weighted by atomic mass is 32.2. The maximum absolute atomic E-state index is 10.7. The summed E-state index contributed by atoms with van der Waals surface area (Å²) in [4.78, 5) is 0. The van der Waals surface area contributed by atoms with E-state index in [1.54, 1.807) is 0 Å². The van der Waals surface area contributed by atoms with Gasteiger partial charge in [0.1, 0.15) is 0 Å². The second-order valence-electron chi connectivity index (χ2n) is 4.78. The van der Waals surface area contributed by atoms with E-state index in [9.17, 15) is 8.42 Å². The molecule has 0 amide bonds. The molecule has 0 heterocycles. The molecule has 98 valence electrons. The van der Waals surface area contributed by atoms with Gasteiger partial charge in [0, 0.05) is 12.3 Å². The molecule has 0 aromatic rings. The summed E-state index contributed by atoms with van der Waals surface area (Å²) in [6.45, 7) is 2.34. The molecule has 17 heavy (non-hydrogen) atoms. The van der Waals surface area contributed by atoms with Gasteiger partial charge in [-0.15, -0.1) is 5.92 Å². The lowest BCUT2D eigenvalue weighted by Gasteiger charge is -2.24. The van der Waals surface area contributed by atoms with Gasteiger partial charge in [0.15, 0.2) is 0 Å². The third-order valence-electron chi connectivity index (χ3n) is 3.21. The third kappa shape index (κ3) is 6.70. The van der Waals surface area contributed by atoms with Crippen molar-refractivity contribution < 1.29 is 12.6 Å². The molecule has 0 aromatic heterocycles. The van der Waals surface area contributed by atoms with E-state index < -0.39 is 10.1 Å². The normalized spacial score (nSPS) is 19.4. The van der Waals surface area contributed by atoms with Crippen LogP contribution in [0.5, 0.6) is 0 Å². The summed E-state index contributed by atoms with van der Waals surface area (Å²) in [6, 6.07) is 0. The molecule has 0 saturated heterocycles. The van der Waals surface area contributed by atoms with E-state index in [1.165, 1.54) is 32.1 Å². The summed E-state index contributed by atoms with van der Waals surface area (Å²) >= 11 is 0. The first-order valence-electron chi connectivity index (χ1n) is 6.32. The average Bonchev–Trinajstić information content (AvgIpc) is 2.28. The van der Waals surface area contributed by atoms with Gasteiger partial charge in [0.05, 0.1) is 12.9 Å². The fourth-order valence-corrected chi connectivity index (χ4v) is 2.62. The zero-order chi connectivity index (χ0) is 12.7. The molecule has 0 aromatic carbocycles. The highest BCUT2D eigenvalue weighted by Crippen LogP contribution is 2.29. The van der Waals surface area contributed by atoms with Crippen molar-refractivity contribution in [3.63, 3.8) is 0 Å². The van der Waals surface area contributed by atoms with Crippen molar-refractivity contribution in [2.75, 3.05) is 12.9 Å². The van der Waals surface area contributed by atoms with E-state index in [4.69, 9.17) is 0 Å². The topological polar surface area (TPSA) is 43.4 Å². The van der Waals surface area contributed by atoms with E-state index in [1.807, 2.05) is 0 Å². The van der Waals surface area contributed by atoms with Crippen LogP contribution in [0, 0.1) is 23.7 Å². The van der Waals surface area contributed by atoms with Crippen molar-refractivity contribution in [3.05, 3.63) is 0 Å². The zero-order valence-corrected chi connectivity index (χ0v) is 11.6. The van der Waals surface area contributed by atoms with Crippen LogP contribution in [0.3, 0.4) is 0 Å². The monoisotopic (exact) mass is 258 g/mol. The highest BCUT2D eigenvalue weighted by Gasteiger charge is 2.17. The number of hydrogen-bond donors (Lipinski definition) is 0. The predicted octanol–water partition coefficient (Wildman–Crippen LogP) is 2.57. The van der Waals surface area contributed by atoms with Crippen LogP contribution in [-0.2, 0) is 14.3 Å². The van der Waals surface area contributed by atoms with E-state index >= 15 is 0 Å². The standard InChI is InChI=1S/C13H22O3S/c1-12(13-9-4-3-5-10-13)8-6-7-11-16-17(2,14)15/h12-13H,3-5,7,9-11H2,1-2H3. The largest absolute Gasteiger partial charge is 0.269 e. The number of hydrogen-bond acceptors (Lipinski definition) is 3. The Balaban J connectivity index is 2.23. The zero-order valence-electron chi connectivity index (χ0n) is 10.7. The Morgan fingerprint density at radius 2 is 1.94 bits per heavy atom. The fraction of sp³-hybridized carbons (Fsp3) is 0.846. The van der Waals surface area contributed by atoms with Crippen molar-refractivity contribution >= 4 is 10.1 Å². The Kier molecular flexibility index (Phi) is 6.01. The second kappa shape index (κ2) is 7.03. The minimum atomic E-state index is -3.31. The van der Waals surface area contributed by atoms with Gasteiger partial charge in [-0.05, 0) is 18.8 Å². The molecule has 1 aliphatic carbocycles. The summed E-state index contributed by atoms with van der Waals surface area (Å²) in [6.07, 6.45) is 8.14. The molecular formula is C13H22O3S. The van der Waals surface area contributed by atoms with Gasteiger partial charge in [0.2, 0.25) is 0 Å². The average molecular weight is 258 g/mol. The summed E-state index contributed by atoms with van der Waals surface area (Å²) in [5, 5.41) is 0. The third-order valence-corrected chi connectivity index (χ3v) is 3.81. The lowest BCUT2D eigenvalue weighted by molar-refractivity contribution is 0.305. The molecule has 1 rings (SSSR count). The minimum Gasteiger partial charge on any atom is -0.269 e.